The first-order chi connectivity index (χ1) is 10.7. The highest BCUT2D eigenvalue weighted by atomic mass is 35.5. The van der Waals surface area contributed by atoms with Gasteiger partial charge in [0.1, 0.15) is 29.4 Å². The first-order valence-electron chi connectivity index (χ1n) is 6.74. The Morgan fingerprint density at radius 3 is 2.82 bits per heavy atom. The predicted molar refractivity (Wildman–Crippen MR) is 80.3 cm³/mol. The maximum atomic E-state index is 12.6. The molecule has 2 aromatic rings. The summed E-state index contributed by atoms with van der Waals surface area (Å²) in [5.74, 6) is 0.784. The topological polar surface area (TPSA) is 64.6 Å². The number of hydrogen-bond donors (Lipinski definition) is 0. The molecule has 0 spiro atoms. The number of carbonyl (C=O) groups excluding carboxylic acids is 1. The van der Waals surface area contributed by atoms with Crippen LogP contribution in [0.5, 0.6) is 11.6 Å². The van der Waals surface area contributed by atoms with Gasteiger partial charge in [0.15, 0.2) is 0 Å². The van der Waals surface area contributed by atoms with Gasteiger partial charge in [0.2, 0.25) is 5.88 Å². The number of benzene rings is 1. The van der Waals surface area contributed by atoms with Crippen LogP contribution in [0.2, 0.25) is 5.15 Å². The van der Waals surface area contributed by atoms with E-state index in [-0.39, 0.29) is 22.5 Å². The van der Waals surface area contributed by atoms with Gasteiger partial charge in [-0.2, -0.15) is 0 Å². The number of methoxy groups -OCH3 is 1. The highest BCUT2D eigenvalue weighted by Crippen LogP contribution is 2.26. The Bertz CT molecular complexity index is 691. The second-order valence-electron chi connectivity index (χ2n) is 4.77. The lowest BCUT2D eigenvalue weighted by Gasteiger charge is -2.20. The van der Waals surface area contributed by atoms with Crippen molar-refractivity contribution in [3.63, 3.8) is 0 Å². The van der Waals surface area contributed by atoms with Crippen molar-refractivity contribution in [1.29, 1.82) is 0 Å². The van der Waals surface area contributed by atoms with E-state index in [1.807, 2.05) is 24.3 Å². The summed E-state index contributed by atoms with van der Waals surface area (Å²) >= 11 is 6.02. The summed E-state index contributed by atoms with van der Waals surface area (Å²) in [6.45, 7) is 1.27. The molecule has 0 N–H and O–H groups in total. The molecular formula is C15H14ClN3O3. The average Bonchev–Trinajstić information content (AvgIpc) is 2.69. The largest absolute Gasteiger partial charge is 0.497 e. The minimum Gasteiger partial charge on any atom is -0.497 e. The fourth-order valence-corrected chi connectivity index (χ4v) is 2.46. The summed E-state index contributed by atoms with van der Waals surface area (Å²) in [7, 11) is 1.61. The number of ether oxygens (including phenoxy) is 2. The van der Waals surface area contributed by atoms with E-state index in [0.717, 1.165) is 11.3 Å². The zero-order valence-corrected chi connectivity index (χ0v) is 12.7. The van der Waals surface area contributed by atoms with Gasteiger partial charge < -0.3 is 14.4 Å². The standard InChI is InChI=1S/C15H14ClN3O3/c1-21-11-4-2-10(3-5-11)8-19-6-7-22-14-12(15(19)20)13(16)17-9-18-14/h2-5,9H,6-8H2,1H3. The average molecular weight is 320 g/mol. The molecule has 2 heterocycles. The predicted octanol–water partition coefficient (Wildman–Crippen LogP) is 2.17. The first-order valence-corrected chi connectivity index (χ1v) is 7.12. The molecular weight excluding hydrogens is 306 g/mol. The van der Waals surface area contributed by atoms with Crippen LogP contribution in [0.3, 0.4) is 0 Å². The maximum Gasteiger partial charge on any atom is 0.262 e. The number of nitrogens with zero attached hydrogens (tertiary/aromatic N) is 3. The Hall–Kier alpha value is -2.34. The number of rotatable bonds is 3. The van der Waals surface area contributed by atoms with Crippen LogP contribution in [0.25, 0.3) is 0 Å². The number of aromatic nitrogens is 2. The van der Waals surface area contributed by atoms with Crippen molar-refractivity contribution < 1.29 is 14.3 Å². The summed E-state index contributed by atoms with van der Waals surface area (Å²) in [4.78, 5) is 22.1. The maximum absolute atomic E-state index is 12.6. The Kier molecular flexibility index (Phi) is 4.11. The van der Waals surface area contributed by atoms with E-state index in [9.17, 15) is 4.79 Å². The van der Waals surface area contributed by atoms with E-state index in [2.05, 4.69) is 9.97 Å². The van der Waals surface area contributed by atoms with Crippen LogP contribution in [0, 0.1) is 0 Å². The van der Waals surface area contributed by atoms with Crippen LogP contribution in [-0.4, -0.2) is 41.0 Å². The number of amides is 1. The van der Waals surface area contributed by atoms with Gasteiger partial charge >= 0.3 is 0 Å². The van der Waals surface area contributed by atoms with Gasteiger partial charge in [0.25, 0.3) is 5.91 Å². The molecule has 0 bridgehead atoms. The number of fused-ring (bicyclic) bond motifs is 1. The number of carbonyl (C=O) groups is 1. The summed E-state index contributed by atoms with van der Waals surface area (Å²) in [5, 5.41) is 0.108. The highest BCUT2D eigenvalue weighted by Gasteiger charge is 2.27. The van der Waals surface area contributed by atoms with Crippen molar-refractivity contribution in [2.24, 2.45) is 0 Å². The van der Waals surface area contributed by atoms with Crippen molar-refractivity contribution in [3.05, 3.63) is 46.9 Å². The van der Waals surface area contributed by atoms with E-state index in [1.54, 1.807) is 12.0 Å². The van der Waals surface area contributed by atoms with Crippen LogP contribution >= 0.6 is 11.6 Å². The smallest absolute Gasteiger partial charge is 0.262 e. The van der Waals surface area contributed by atoms with E-state index >= 15 is 0 Å². The van der Waals surface area contributed by atoms with Crippen molar-refractivity contribution in [3.8, 4) is 11.6 Å². The molecule has 1 aliphatic heterocycles. The lowest BCUT2D eigenvalue weighted by molar-refractivity contribution is 0.0743. The summed E-state index contributed by atoms with van der Waals surface area (Å²) in [5.41, 5.74) is 1.21. The van der Waals surface area contributed by atoms with E-state index < -0.39 is 0 Å². The number of hydrogen-bond acceptors (Lipinski definition) is 5. The fourth-order valence-electron chi connectivity index (χ4n) is 2.25. The van der Waals surface area contributed by atoms with E-state index in [0.29, 0.717) is 19.7 Å². The van der Waals surface area contributed by atoms with Crippen LogP contribution in [0.1, 0.15) is 15.9 Å². The van der Waals surface area contributed by atoms with Gasteiger partial charge in [0, 0.05) is 6.54 Å². The van der Waals surface area contributed by atoms with Gasteiger partial charge in [-0.05, 0) is 17.7 Å². The molecule has 114 valence electrons. The monoisotopic (exact) mass is 319 g/mol. The SMILES string of the molecule is COc1ccc(CN2CCOc3ncnc(Cl)c3C2=O)cc1. The molecule has 0 fully saturated rings. The lowest BCUT2D eigenvalue weighted by atomic mass is 10.2. The van der Waals surface area contributed by atoms with Gasteiger partial charge in [-0.3, -0.25) is 4.79 Å². The molecule has 3 rings (SSSR count). The molecule has 1 aromatic carbocycles. The summed E-state index contributed by atoms with van der Waals surface area (Å²) in [6.07, 6.45) is 1.29. The van der Waals surface area contributed by atoms with Crippen LogP contribution in [0.15, 0.2) is 30.6 Å². The van der Waals surface area contributed by atoms with E-state index in [1.165, 1.54) is 6.33 Å². The van der Waals surface area contributed by atoms with Gasteiger partial charge in [-0.25, -0.2) is 9.97 Å². The fraction of sp³-hybridized carbons (Fsp3) is 0.267. The Morgan fingerprint density at radius 1 is 1.32 bits per heavy atom. The van der Waals surface area contributed by atoms with Gasteiger partial charge in [0.05, 0.1) is 13.7 Å². The molecule has 22 heavy (non-hydrogen) atoms. The second-order valence-corrected chi connectivity index (χ2v) is 5.13. The van der Waals surface area contributed by atoms with Crippen molar-refractivity contribution in [1.82, 2.24) is 14.9 Å². The third kappa shape index (κ3) is 2.82. The molecule has 0 aliphatic carbocycles. The van der Waals surface area contributed by atoms with Gasteiger partial charge in [-0.15, -0.1) is 0 Å². The van der Waals surface area contributed by atoms with Crippen molar-refractivity contribution in [2.75, 3.05) is 20.3 Å². The quantitative estimate of drug-likeness (QED) is 0.811. The molecule has 6 nitrogen and oxygen atoms in total. The normalized spacial score (nSPS) is 14.1. The lowest BCUT2D eigenvalue weighted by Crippen LogP contribution is -2.32. The van der Waals surface area contributed by atoms with Crippen LogP contribution < -0.4 is 9.47 Å². The van der Waals surface area contributed by atoms with Crippen LogP contribution in [0.4, 0.5) is 0 Å². The third-order valence-electron chi connectivity index (χ3n) is 3.40. The highest BCUT2D eigenvalue weighted by molar-refractivity contribution is 6.33. The number of halogens is 1. The molecule has 1 aliphatic rings. The zero-order chi connectivity index (χ0) is 15.5. The molecule has 0 saturated heterocycles. The van der Waals surface area contributed by atoms with Crippen molar-refractivity contribution >= 4 is 17.5 Å². The molecule has 1 amide bonds. The Balaban J connectivity index is 1.85. The molecule has 0 atom stereocenters. The Labute approximate surface area is 132 Å². The zero-order valence-electron chi connectivity index (χ0n) is 12.0. The van der Waals surface area contributed by atoms with Gasteiger partial charge in [-0.1, -0.05) is 23.7 Å². The molecule has 0 radical (unpaired) electrons. The minimum atomic E-state index is -0.228. The summed E-state index contributed by atoms with van der Waals surface area (Å²) < 4.78 is 10.6. The summed E-state index contributed by atoms with van der Waals surface area (Å²) in [6, 6.07) is 7.56. The third-order valence-corrected chi connectivity index (χ3v) is 3.69. The molecule has 7 heteroatoms. The van der Waals surface area contributed by atoms with Crippen LogP contribution in [-0.2, 0) is 6.54 Å². The minimum absolute atomic E-state index is 0.108. The second kappa shape index (κ2) is 6.19. The van der Waals surface area contributed by atoms with E-state index in [4.69, 9.17) is 21.1 Å². The molecule has 0 unspecified atom stereocenters. The first kappa shape index (κ1) is 14.6. The molecule has 1 aromatic heterocycles. The molecule has 0 saturated carbocycles. The Morgan fingerprint density at radius 2 is 2.09 bits per heavy atom. The van der Waals surface area contributed by atoms with Crippen molar-refractivity contribution in [2.45, 2.75) is 6.54 Å².